The summed E-state index contributed by atoms with van der Waals surface area (Å²) in [5, 5.41) is 25.6. The molecule has 0 fully saturated rings. The number of carbonyl (C=O) groups excluding carboxylic acids is 3. The normalized spacial score (nSPS) is 11.6. The van der Waals surface area contributed by atoms with Gasteiger partial charge in [-0.3, -0.25) is 9.59 Å². The summed E-state index contributed by atoms with van der Waals surface area (Å²) < 4.78 is 1.82. The monoisotopic (exact) mass is 486 g/mol. The fourth-order valence-corrected chi connectivity index (χ4v) is 4.06. The van der Waals surface area contributed by atoms with Gasteiger partial charge in [0.2, 0.25) is 5.91 Å². The van der Waals surface area contributed by atoms with Gasteiger partial charge in [0, 0.05) is 12.2 Å². The lowest BCUT2D eigenvalue weighted by Crippen LogP contribution is -2.29. The van der Waals surface area contributed by atoms with Gasteiger partial charge in [0.05, 0.1) is 28.4 Å². The Labute approximate surface area is 199 Å². The summed E-state index contributed by atoms with van der Waals surface area (Å²) in [4.78, 5) is 35.7. The third-order valence-electron chi connectivity index (χ3n) is 4.65. The van der Waals surface area contributed by atoms with Crippen molar-refractivity contribution in [2.24, 2.45) is 0 Å². The highest BCUT2D eigenvalue weighted by Crippen LogP contribution is 2.22. The fraction of sp³-hybridized carbons (Fsp3) is 0.227. The number of thioether (sulfide) groups is 1. The molecule has 3 rings (SSSR count). The number of halogens is 1. The molecule has 1 aromatic heterocycles. The number of anilines is 1. The molecule has 0 bridgehead atoms. The van der Waals surface area contributed by atoms with E-state index in [2.05, 4.69) is 20.8 Å². The van der Waals surface area contributed by atoms with E-state index in [0.29, 0.717) is 33.8 Å². The zero-order valence-corrected chi connectivity index (χ0v) is 19.4. The first-order valence-electron chi connectivity index (χ1n) is 10.0. The fourth-order valence-electron chi connectivity index (χ4n) is 3.03. The van der Waals surface area contributed by atoms with Gasteiger partial charge in [0.1, 0.15) is 0 Å². The zero-order chi connectivity index (χ0) is 24.0. The molecule has 2 N–H and O–H groups in total. The van der Waals surface area contributed by atoms with Crippen LogP contribution in [0.4, 0.5) is 5.69 Å². The van der Waals surface area contributed by atoms with Crippen LogP contribution < -0.4 is 15.7 Å². The molecular weight excluding hydrogens is 466 g/mol. The van der Waals surface area contributed by atoms with Gasteiger partial charge in [-0.15, -0.1) is 10.2 Å². The lowest BCUT2D eigenvalue weighted by atomic mass is 10.2. The second-order valence-electron chi connectivity index (χ2n) is 6.96. The quantitative estimate of drug-likeness (QED) is 0.444. The first-order valence-corrected chi connectivity index (χ1v) is 11.4. The van der Waals surface area contributed by atoms with Crippen molar-refractivity contribution in [2.75, 3.05) is 11.1 Å². The second-order valence-corrected chi connectivity index (χ2v) is 8.31. The lowest BCUT2D eigenvalue weighted by molar-refractivity contribution is -0.255. The van der Waals surface area contributed by atoms with E-state index in [1.54, 1.807) is 31.2 Å². The number of hydrogen-bond donors (Lipinski definition) is 2. The van der Waals surface area contributed by atoms with E-state index >= 15 is 0 Å². The molecule has 0 unspecified atom stereocenters. The summed E-state index contributed by atoms with van der Waals surface area (Å²) in [6.45, 7) is 4.25. The van der Waals surface area contributed by atoms with Gasteiger partial charge in [0.15, 0.2) is 11.0 Å². The van der Waals surface area contributed by atoms with Gasteiger partial charge in [-0.2, -0.15) is 0 Å². The summed E-state index contributed by atoms with van der Waals surface area (Å²) in [7, 11) is 0. The van der Waals surface area contributed by atoms with Crippen LogP contribution in [-0.2, 0) is 11.3 Å². The summed E-state index contributed by atoms with van der Waals surface area (Å²) in [6.07, 6.45) is 0. The number of aromatic carboxylic acids is 1. The topological polar surface area (TPSA) is 129 Å². The second kappa shape index (κ2) is 11.0. The average Bonchev–Trinajstić information content (AvgIpc) is 3.21. The summed E-state index contributed by atoms with van der Waals surface area (Å²) in [5.74, 6) is -1.26. The van der Waals surface area contributed by atoms with E-state index in [1.807, 2.05) is 11.5 Å². The van der Waals surface area contributed by atoms with Crippen LogP contribution in [0.3, 0.4) is 0 Å². The summed E-state index contributed by atoms with van der Waals surface area (Å²) in [5.41, 5.74) is 0.869. The van der Waals surface area contributed by atoms with Crippen molar-refractivity contribution in [1.29, 1.82) is 0 Å². The Bertz CT molecular complexity index is 1170. The number of nitrogens with zero attached hydrogens (tertiary/aromatic N) is 3. The first-order chi connectivity index (χ1) is 15.8. The Morgan fingerprint density at radius 1 is 1.12 bits per heavy atom. The predicted octanol–water partition coefficient (Wildman–Crippen LogP) is 2.54. The standard InChI is InChI=1S/C22H22ClN5O4S/c1-3-28-19(13(2)24-20(30)16-6-4-5-7-17(16)23)26-27-22(28)33-12-18(29)25-15-10-8-14(9-11-15)21(31)32/h4-11,13H,3,12H2,1-2H3,(H,24,30)(H,25,29)(H,31,32)/p-1/t13-/m0/s1. The Morgan fingerprint density at radius 2 is 1.82 bits per heavy atom. The van der Waals surface area contributed by atoms with Crippen LogP contribution in [0.2, 0.25) is 5.02 Å². The smallest absolute Gasteiger partial charge is 0.253 e. The van der Waals surface area contributed by atoms with Crippen LogP contribution >= 0.6 is 23.4 Å². The highest BCUT2D eigenvalue weighted by molar-refractivity contribution is 7.99. The highest BCUT2D eigenvalue weighted by atomic mass is 35.5. The third kappa shape index (κ3) is 6.11. The number of aromatic nitrogens is 3. The van der Waals surface area contributed by atoms with Gasteiger partial charge in [0.25, 0.3) is 5.91 Å². The van der Waals surface area contributed by atoms with E-state index in [-0.39, 0.29) is 23.1 Å². The number of carboxylic acid groups (broad SMARTS) is 1. The van der Waals surface area contributed by atoms with Crippen molar-refractivity contribution in [2.45, 2.75) is 31.6 Å². The Morgan fingerprint density at radius 3 is 2.45 bits per heavy atom. The Kier molecular flexibility index (Phi) is 8.07. The van der Waals surface area contributed by atoms with Crippen LogP contribution in [0.1, 0.15) is 46.4 Å². The van der Waals surface area contributed by atoms with Crippen molar-refractivity contribution in [3.8, 4) is 0 Å². The molecule has 3 aromatic rings. The van der Waals surface area contributed by atoms with Crippen molar-refractivity contribution in [3.63, 3.8) is 0 Å². The van der Waals surface area contributed by atoms with Crippen LogP contribution in [-0.4, -0.2) is 38.3 Å². The molecule has 2 amide bonds. The molecule has 0 saturated carbocycles. The van der Waals surface area contributed by atoms with Gasteiger partial charge >= 0.3 is 0 Å². The molecule has 0 saturated heterocycles. The van der Waals surface area contributed by atoms with Crippen molar-refractivity contribution >= 4 is 46.8 Å². The number of carboxylic acids is 1. The number of nitrogens with one attached hydrogen (secondary N) is 2. The summed E-state index contributed by atoms with van der Waals surface area (Å²) >= 11 is 7.30. The van der Waals surface area contributed by atoms with Crippen LogP contribution in [0.25, 0.3) is 0 Å². The SMILES string of the molecule is CCn1c(SCC(=O)Nc2ccc(C(=O)[O-])cc2)nnc1[C@H](C)NC(=O)c1ccccc1Cl. The minimum absolute atomic E-state index is 0.0293. The molecule has 1 heterocycles. The maximum atomic E-state index is 12.6. The Balaban J connectivity index is 1.61. The minimum atomic E-state index is -1.28. The van der Waals surface area contributed by atoms with Gasteiger partial charge < -0.3 is 25.1 Å². The molecule has 11 heteroatoms. The van der Waals surface area contributed by atoms with Gasteiger partial charge in [-0.1, -0.05) is 47.6 Å². The molecule has 172 valence electrons. The summed E-state index contributed by atoms with van der Waals surface area (Å²) in [6, 6.07) is 12.0. The Hall–Kier alpha value is -3.37. The predicted molar refractivity (Wildman–Crippen MR) is 123 cm³/mol. The lowest BCUT2D eigenvalue weighted by Gasteiger charge is -2.15. The van der Waals surface area contributed by atoms with Crippen LogP contribution in [0.5, 0.6) is 0 Å². The molecule has 0 spiro atoms. The van der Waals surface area contributed by atoms with E-state index in [4.69, 9.17) is 11.6 Å². The maximum Gasteiger partial charge on any atom is 0.253 e. The zero-order valence-electron chi connectivity index (χ0n) is 17.9. The average molecular weight is 487 g/mol. The molecule has 2 aromatic carbocycles. The van der Waals surface area contributed by atoms with Crippen molar-refractivity contribution in [1.82, 2.24) is 20.1 Å². The molecule has 0 aliphatic heterocycles. The highest BCUT2D eigenvalue weighted by Gasteiger charge is 2.21. The third-order valence-corrected chi connectivity index (χ3v) is 5.95. The van der Waals surface area contributed by atoms with E-state index in [1.165, 1.54) is 36.0 Å². The van der Waals surface area contributed by atoms with E-state index < -0.39 is 12.0 Å². The number of hydrogen-bond acceptors (Lipinski definition) is 7. The van der Waals surface area contributed by atoms with Crippen molar-refractivity contribution < 1.29 is 19.5 Å². The van der Waals surface area contributed by atoms with E-state index in [0.717, 1.165) is 0 Å². The van der Waals surface area contributed by atoms with Gasteiger partial charge in [-0.25, -0.2) is 0 Å². The minimum Gasteiger partial charge on any atom is -0.545 e. The molecule has 9 nitrogen and oxygen atoms in total. The molecular formula is C22H21ClN5O4S-. The van der Waals surface area contributed by atoms with Crippen molar-refractivity contribution in [3.05, 3.63) is 70.5 Å². The number of benzene rings is 2. The molecule has 33 heavy (non-hydrogen) atoms. The largest absolute Gasteiger partial charge is 0.545 e. The molecule has 1 atom stereocenters. The van der Waals surface area contributed by atoms with Crippen LogP contribution in [0, 0.1) is 0 Å². The van der Waals surface area contributed by atoms with Gasteiger partial charge in [-0.05, 0) is 43.7 Å². The number of rotatable bonds is 9. The van der Waals surface area contributed by atoms with E-state index in [9.17, 15) is 19.5 Å². The number of amides is 2. The molecule has 0 aliphatic carbocycles. The maximum absolute atomic E-state index is 12.6. The molecule has 0 radical (unpaired) electrons. The number of carbonyl (C=O) groups is 3. The first kappa shape index (κ1) is 24.3. The molecule has 0 aliphatic rings. The van der Waals surface area contributed by atoms with Crippen LogP contribution in [0.15, 0.2) is 53.7 Å².